The van der Waals surface area contributed by atoms with Gasteiger partial charge in [-0.1, -0.05) is 73.5 Å². The number of aryl methyl sites for hydroxylation is 1. The van der Waals surface area contributed by atoms with Crippen LogP contribution < -0.4 is 10.5 Å². The first kappa shape index (κ1) is 26.9. The number of hydrogen-bond donors (Lipinski definition) is 1. The first-order valence-electron chi connectivity index (χ1n) is 12.1. The Bertz CT molecular complexity index is 1160. The molecule has 3 aromatic carbocycles. The van der Waals surface area contributed by atoms with Crippen molar-refractivity contribution in [2.45, 2.75) is 39.0 Å². The summed E-state index contributed by atoms with van der Waals surface area (Å²) in [5.74, 6) is -0.323. The third-order valence-electron chi connectivity index (χ3n) is 6.21. The number of ether oxygens (including phenoxy) is 2. The van der Waals surface area contributed by atoms with Crippen LogP contribution in [0.25, 0.3) is 16.7 Å². The van der Waals surface area contributed by atoms with Crippen molar-refractivity contribution in [1.82, 2.24) is 0 Å². The fraction of sp³-hybridized carbons (Fsp3) is 0.333. The summed E-state index contributed by atoms with van der Waals surface area (Å²) in [6, 6.07) is 17.6. The summed E-state index contributed by atoms with van der Waals surface area (Å²) in [6.07, 6.45) is 2.78. The summed E-state index contributed by atoms with van der Waals surface area (Å²) in [5.41, 5.74) is 12.1. The molecular formula is C30H35ClFNO2. The molecule has 2 N–H and O–H groups in total. The summed E-state index contributed by atoms with van der Waals surface area (Å²) in [5, 5.41) is 0.464. The molecule has 0 fully saturated rings. The zero-order chi connectivity index (χ0) is 25.4. The first-order valence-corrected chi connectivity index (χ1v) is 12.5. The van der Waals surface area contributed by atoms with Crippen LogP contribution in [0.5, 0.6) is 5.75 Å². The quantitative estimate of drug-likeness (QED) is 0.261. The Morgan fingerprint density at radius 1 is 1.09 bits per heavy atom. The second-order valence-corrected chi connectivity index (χ2v) is 9.20. The summed E-state index contributed by atoms with van der Waals surface area (Å²) in [4.78, 5) is 0. The highest BCUT2D eigenvalue weighted by Gasteiger charge is 2.22. The number of rotatable bonds is 12. The van der Waals surface area contributed by atoms with Gasteiger partial charge in [0.05, 0.1) is 6.61 Å². The van der Waals surface area contributed by atoms with Crippen LogP contribution in [0.2, 0.25) is 5.02 Å². The Labute approximate surface area is 213 Å². The average molecular weight is 496 g/mol. The maximum atomic E-state index is 16.0. The lowest BCUT2D eigenvalue weighted by molar-refractivity contribution is 0.144. The van der Waals surface area contributed by atoms with E-state index in [9.17, 15) is 0 Å². The SMILES string of the molecule is C=C(CCCC)c1ccc(OCCOC)c(F)c1-c1cc(C(CN)c2cccc(C)c2)ccc1Cl. The Hall–Kier alpha value is -2.66. The molecule has 0 bridgehead atoms. The van der Waals surface area contributed by atoms with E-state index in [0.717, 1.165) is 47.1 Å². The molecule has 1 unspecified atom stereocenters. The van der Waals surface area contributed by atoms with E-state index in [1.807, 2.05) is 30.3 Å². The third-order valence-corrected chi connectivity index (χ3v) is 6.54. The fourth-order valence-corrected chi connectivity index (χ4v) is 4.50. The Balaban J connectivity index is 2.15. The molecule has 5 heteroatoms. The second kappa shape index (κ2) is 12.9. The number of methoxy groups -OCH3 is 1. The van der Waals surface area contributed by atoms with Gasteiger partial charge in [0.15, 0.2) is 11.6 Å². The molecule has 0 aliphatic carbocycles. The molecule has 35 heavy (non-hydrogen) atoms. The van der Waals surface area contributed by atoms with Crippen LogP contribution in [-0.4, -0.2) is 26.9 Å². The molecular weight excluding hydrogens is 461 g/mol. The number of halogens is 2. The maximum Gasteiger partial charge on any atom is 0.173 e. The number of nitrogens with two attached hydrogens (primary N) is 1. The molecule has 0 saturated heterocycles. The van der Waals surface area contributed by atoms with Gasteiger partial charge in [-0.25, -0.2) is 4.39 Å². The molecule has 3 aromatic rings. The Morgan fingerprint density at radius 3 is 2.54 bits per heavy atom. The fourth-order valence-electron chi connectivity index (χ4n) is 4.29. The topological polar surface area (TPSA) is 44.5 Å². The molecule has 3 nitrogen and oxygen atoms in total. The molecule has 0 aliphatic heterocycles. The zero-order valence-corrected chi connectivity index (χ0v) is 21.6. The van der Waals surface area contributed by atoms with E-state index < -0.39 is 5.82 Å². The standard InChI is InChI=1S/C30H35ClFNO2/c1-5-6-9-21(3)24-12-14-28(35-16-15-34-4)30(32)29(24)25-18-23(11-13-27(25)31)26(19-33)22-10-7-8-20(2)17-22/h7-8,10-14,17-18,26H,3,5-6,9,15-16,19,33H2,1-2,4H3. The van der Waals surface area contributed by atoms with Gasteiger partial charge in [-0.2, -0.15) is 0 Å². The molecule has 0 heterocycles. The molecule has 0 spiro atoms. The van der Waals surface area contributed by atoms with Crippen LogP contribution in [-0.2, 0) is 4.74 Å². The van der Waals surface area contributed by atoms with Crippen LogP contribution in [0, 0.1) is 12.7 Å². The van der Waals surface area contributed by atoms with Gasteiger partial charge in [-0.05, 0) is 60.2 Å². The highest BCUT2D eigenvalue weighted by Crippen LogP contribution is 2.41. The number of allylic oxidation sites excluding steroid dienone is 1. The van der Waals surface area contributed by atoms with Crippen molar-refractivity contribution in [1.29, 1.82) is 0 Å². The van der Waals surface area contributed by atoms with Crippen LogP contribution in [0.15, 0.2) is 61.2 Å². The molecule has 186 valence electrons. The van der Waals surface area contributed by atoms with Crippen LogP contribution in [0.1, 0.15) is 54.4 Å². The highest BCUT2D eigenvalue weighted by atomic mass is 35.5. The minimum absolute atomic E-state index is 0.0399. The van der Waals surface area contributed by atoms with Crippen molar-refractivity contribution < 1.29 is 13.9 Å². The predicted octanol–water partition coefficient (Wildman–Crippen LogP) is 7.77. The van der Waals surface area contributed by atoms with E-state index in [1.165, 1.54) is 0 Å². The average Bonchev–Trinajstić information content (AvgIpc) is 2.85. The first-order chi connectivity index (χ1) is 16.9. The summed E-state index contributed by atoms with van der Waals surface area (Å²) in [6.45, 7) is 9.48. The van der Waals surface area contributed by atoms with Gasteiger partial charge in [0.25, 0.3) is 0 Å². The smallest absolute Gasteiger partial charge is 0.173 e. The largest absolute Gasteiger partial charge is 0.488 e. The minimum atomic E-state index is -0.449. The highest BCUT2D eigenvalue weighted by molar-refractivity contribution is 6.33. The number of unbranched alkanes of at least 4 members (excludes halogenated alkanes) is 1. The van der Waals surface area contributed by atoms with Crippen LogP contribution in [0.4, 0.5) is 4.39 Å². The lowest BCUT2D eigenvalue weighted by Crippen LogP contribution is -2.14. The van der Waals surface area contributed by atoms with Gasteiger partial charge in [0, 0.05) is 35.7 Å². The molecule has 0 aromatic heterocycles. The number of benzene rings is 3. The molecule has 0 radical (unpaired) electrons. The predicted molar refractivity (Wildman–Crippen MR) is 145 cm³/mol. The Kier molecular flexibility index (Phi) is 9.91. The van der Waals surface area contributed by atoms with Gasteiger partial charge in [-0.3, -0.25) is 0 Å². The lowest BCUT2D eigenvalue weighted by Gasteiger charge is -2.21. The minimum Gasteiger partial charge on any atom is -0.488 e. The molecule has 1 atom stereocenters. The van der Waals surface area contributed by atoms with Crippen molar-refractivity contribution in [3.8, 4) is 16.9 Å². The van der Waals surface area contributed by atoms with Gasteiger partial charge < -0.3 is 15.2 Å². The third kappa shape index (κ3) is 6.52. The van der Waals surface area contributed by atoms with Gasteiger partial charge in [0.2, 0.25) is 0 Å². The van der Waals surface area contributed by atoms with Gasteiger partial charge in [0.1, 0.15) is 6.61 Å². The lowest BCUT2D eigenvalue weighted by atomic mass is 9.86. The summed E-state index contributed by atoms with van der Waals surface area (Å²) < 4.78 is 26.7. The van der Waals surface area contributed by atoms with Crippen LogP contribution >= 0.6 is 11.6 Å². The van der Waals surface area contributed by atoms with E-state index in [0.29, 0.717) is 29.3 Å². The van der Waals surface area contributed by atoms with Crippen molar-refractivity contribution in [2.75, 3.05) is 26.9 Å². The zero-order valence-electron chi connectivity index (χ0n) is 20.9. The van der Waals surface area contributed by atoms with Gasteiger partial charge >= 0.3 is 0 Å². The van der Waals surface area contributed by atoms with E-state index >= 15 is 4.39 Å². The number of hydrogen-bond acceptors (Lipinski definition) is 3. The van der Waals surface area contributed by atoms with Crippen molar-refractivity contribution in [3.05, 3.63) is 94.3 Å². The maximum absolute atomic E-state index is 16.0. The summed E-state index contributed by atoms with van der Waals surface area (Å²) in [7, 11) is 1.58. The van der Waals surface area contributed by atoms with E-state index in [2.05, 4.69) is 38.6 Å². The van der Waals surface area contributed by atoms with Crippen molar-refractivity contribution >= 4 is 17.2 Å². The monoisotopic (exact) mass is 495 g/mol. The molecule has 0 amide bonds. The summed E-state index contributed by atoms with van der Waals surface area (Å²) >= 11 is 6.69. The van der Waals surface area contributed by atoms with E-state index in [-0.39, 0.29) is 18.3 Å². The van der Waals surface area contributed by atoms with Crippen LogP contribution in [0.3, 0.4) is 0 Å². The molecule has 0 aliphatic rings. The van der Waals surface area contributed by atoms with Gasteiger partial charge in [-0.15, -0.1) is 0 Å². The Morgan fingerprint density at radius 2 is 1.86 bits per heavy atom. The molecule has 3 rings (SSSR count). The van der Waals surface area contributed by atoms with Crippen molar-refractivity contribution in [2.24, 2.45) is 5.73 Å². The second-order valence-electron chi connectivity index (χ2n) is 8.79. The van der Waals surface area contributed by atoms with E-state index in [4.69, 9.17) is 26.8 Å². The molecule has 0 saturated carbocycles. The normalized spacial score (nSPS) is 11.9. The van der Waals surface area contributed by atoms with Crippen molar-refractivity contribution in [3.63, 3.8) is 0 Å². The van der Waals surface area contributed by atoms with E-state index in [1.54, 1.807) is 13.2 Å².